The highest BCUT2D eigenvalue weighted by molar-refractivity contribution is 6.33. The lowest BCUT2D eigenvalue weighted by Crippen LogP contribution is -2.47. The Balaban J connectivity index is 2.59. The Morgan fingerprint density at radius 2 is 2.28 bits per heavy atom. The summed E-state index contributed by atoms with van der Waals surface area (Å²) in [4.78, 5) is 17.5. The summed E-state index contributed by atoms with van der Waals surface area (Å²) in [6.45, 7) is 2.28. The molecule has 0 bridgehead atoms. The number of nitrogens with zero attached hydrogens (tertiary/aromatic N) is 2. The van der Waals surface area contributed by atoms with Crippen molar-refractivity contribution in [1.82, 2.24) is 15.2 Å². The zero-order valence-electron chi connectivity index (χ0n) is 10.8. The Morgan fingerprint density at radius 1 is 1.61 bits per heavy atom. The first kappa shape index (κ1) is 14.9. The van der Waals surface area contributed by atoms with Gasteiger partial charge in [-0.3, -0.25) is 9.78 Å². The van der Waals surface area contributed by atoms with Crippen molar-refractivity contribution >= 4 is 17.5 Å². The number of nitrogens with one attached hydrogen (secondary N) is 1. The predicted molar refractivity (Wildman–Crippen MR) is 70.8 cm³/mol. The third-order valence-electron chi connectivity index (χ3n) is 2.30. The first-order chi connectivity index (χ1) is 8.32. The number of hydrogen-bond donors (Lipinski definition) is 2. The number of carbonyl (C=O) groups is 1. The van der Waals surface area contributed by atoms with E-state index in [0.29, 0.717) is 17.1 Å². The van der Waals surface area contributed by atoms with E-state index >= 15 is 0 Å². The summed E-state index contributed by atoms with van der Waals surface area (Å²) in [7, 11) is 3.71. The molecule has 5 nitrogen and oxygen atoms in total. The number of halogens is 1. The highest BCUT2D eigenvalue weighted by Gasteiger charge is 2.22. The minimum atomic E-state index is -0.987. The van der Waals surface area contributed by atoms with Crippen molar-refractivity contribution in [3.05, 3.63) is 29.0 Å². The molecule has 1 rings (SSSR count). The monoisotopic (exact) mass is 271 g/mol. The SMILES string of the molecule is CN(C)CC(C)(O)CNC(=O)c1ccncc1Cl. The number of pyridine rings is 1. The molecule has 0 fully saturated rings. The van der Waals surface area contributed by atoms with E-state index in [1.165, 1.54) is 12.4 Å². The largest absolute Gasteiger partial charge is 0.387 e. The number of aromatic nitrogens is 1. The van der Waals surface area contributed by atoms with Crippen LogP contribution in [0.5, 0.6) is 0 Å². The van der Waals surface area contributed by atoms with Gasteiger partial charge in [-0.1, -0.05) is 11.6 Å². The average Bonchev–Trinajstić information content (AvgIpc) is 2.25. The molecule has 2 N–H and O–H groups in total. The summed E-state index contributed by atoms with van der Waals surface area (Å²) in [5.74, 6) is -0.318. The number of amides is 1. The number of carbonyl (C=O) groups excluding carboxylic acids is 1. The second-order valence-electron chi connectivity index (χ2n) is 4.77. The van der Waals surface area contributed by atoms with Gasteiger partial charge in [-0.2, -0.15) is 0 Å². The van der Waals surface area contributed by atoms with E-state index in [0.717, 1.165) is 0 Å². The molecule has 0 aliphatic carbocycles. The molecule has 0 saturated heterocycles. The van der Waals surface area contributed by atoms with Crippen LogP contribution in [0.15, 0.2) is 18.5 Å². The van der Waals surface area contributed by atoms with Crippen molar-refractivity contribution in [2.75, 3.05) is 27.2 Å². The van der Waals surface area contributed by atoms with Crippen LogP contribution >= 0.6 is 11.6 Å². The second-order valence-corrected chi connectivity index (χ2v) is 5.18. The molecule has 0 spiro atoms. The molecule has 1 unspecified atom stereocenters. The molecule has 18 heavy (non-hydrogen) atoms. The maximum Gasteiger partial charge on any atom is 0.253 e. The van der Waals surface area contributed by atoms with Crippen LogP contribution in [0.25, 0.3) is 0 Å². The second kappa shape index (κ2) is 6.13. The Morgan fingerprint density at radius 3 is 2.83 bits per heavy atom. The first-order valence-corrected chi connectivity index (χ1v) is 5.94. The zero-order chi connectivity index (χ0) is 13.8. The molecule has 0 aromatic carbocycles. The molecule has 1 aromatic rings. The van der Waals surface area contributed by atoms with E-state index in [2.05, 4.69) is 10.3 Å². The van der Waals surface area contributed by atoms with Crippen molar-refractivity contribution in [3.63, 3.8) is 0 Å². The number of aliphatic hydroxyl groups is 1. The maximum absolute atomic E-state index is 11.8. The molecule has 1 heterocycles. The van der Waals surface area contributed by atoms with Crippen LogP contribution in [-0.2, 0) is 0 Å². The van der Waals surface area contributed by atoms with E-state index < -0.39 is 5.60 Å². The Hall–Kier alpha value is -1.17. The molecule has 0 radical (unpaired) electrons. The Labute approximate surface area is 112 Å². The van der Waals surface area contributed by atoms with E-state index in [-0.39, 0.29) is 12.5 Å². The lowest BCUT2D eigenvalue weighted by Gasteiger charge is -2.27. The smallest absolute Gasteiger partial charge is 0.253 e. The van der Waals surface area contributed by atoms with Gasteiger partial charge in [0.25, 0.3) is 5.91 Å². The van der Waals surface area contributed by atoms with Gasteiger partial charge < -0.3 is 15.3 Å². The fourth-order valence-electron chi connectivity index (χ4n) is 1.66. The summed E-state index contributed by atoms with van der Waals surface area (Å²) >= 11 is 5.86. The fraction of sp³-hybridized carbons (Fsp3) is 0.500. The van der Waals surface area contributed by atoms with Crippen molar-refractivity contribution in [2.24, 2.45) is 0 Å². The van der Waals surface area contributed by atoms with Crippen LogP contribution < -0.4 is 5.32 Å². The van der Waals surface area contributed by atoms with Gasteiger partial charge in [0, 0.05) is 25.5 Å². The molecule has 0 aliphatic rings. The minimum absolute atomic E-state index is 0.155. The maximum atomic E-state index is 11.8. The zero-order valence-corrected chi connectivity index (χ0v) is 11.5. The first-order valence-electron chi connectivity index (χ1n) is 5.57. The molecular formula is C12H18ClN3O2. The summed E-state index contributed by atoms with van der Waals surface area (Å²) in [6.07, 6.45) is 2.91. The highest BCUT2D eigenvalue weighted by atomic mass is 35.5. The summed E-state index contributed by atoms with van der Waals surface area (Å²) in [5, 5.41) is 13.0. The van der Waals surface area contributed by atoms with E-state index in [1.807, 2.05) is 19.0 Å². The van der Waals surface area contributed by atoms with Crippen LogP contribution in [0.1, 0.15) is 17.3 Å². The van der Waals surface area contributed by atoms with Gasteiger partial charge in [0.2, 0.25) is 0 Å². The quantitative estimate of drug-likeness (QED) is 0.831. The standard InChI is InChI=1S/C12H18ClN3O2/c1-12(18,8-16(2)3)7-15-11(17)9-4-5-14-6-10(9)13/h4-6,18H,7-8H2,1-3H3,(H,15,17). The third kappa shape index (κ3) is 4.60. The van der Waals surface area contributed by atoms with Gasteiger partial charge >= 0.3 is 0 Å². The normalized spacial score (nSPS) is 14.3. The van der Waals surface area contributed by atoms with Crippen molar-refractivity contribution in [2.45, 2.75) is 12.5 Å². The molecular weight excluding hydrogens is 254 g/mol. The van der Waals surface area contributed by atoms with E-state index in [9.17, 15) is 9.90 Å². The van der Waals surface area contributed by atoms with Crippen molar-refractivity contribution < 1.29 is 9.90 Å². The lowest BCUT2D eigenvalue weighted by atomic mass is 10.1. The molecule has 1 amide bonds. The number of hydrogen-bond acceptors (Lipinski definition) is 4. The van der Waals surface area contributed by atoms with Gasteiger partial charge in [-0.15, -0.1) is 0 Å². The highest BCUT2D eigenvalue weighted by Crippen LogP contribution is 2.13. The predicted octanol–water partition coefficient (Wildman–Crippen LogP) is 0.777. The fourth-order valence-corrected chi connectivity index (χ4v) is 1.87. The topological polar surface area (TPSA) is 65.5 Å². The van der Waals surface area contributed by atoms with Crippen LogP contribution in [0.2, 0.25) is 5.02 Å². The van der Waals surface area contributed by atoms with E-state index in [4.69, 9.17) is 11.6 Å². The molecule has 100 valence electrons. The Kier molecular flexibility index (Phi) is 5.07. The number of likely N-dealkylation sites (N-methyl/N-ethyl adjacent to an activating group) is 1. The summed E-state index contributed by atoms with van der Waals surface area (Å²) < 4.78 is 0. The molecule has 1 atom stereocenters. The molecule has 6 heteroatoms. The van der Waals surface area contributed by atoms with Crippen molar-refractivity contribution in [3.8, 4) is 0 Å². The van der Waals surface area contributed by atoms with Gasteiger partial charge in [0.15, 0.2) is 0 Å². The average molecular weight is 272 g/mol. The van der Waals surface area contributed by atoms with Crippen LogP contribution in [0.4, 0.5) is 0 Å². The molecule has 0 saturated carbocycles. The van der Waals surface area contributed by atoms with Crippen molar-refractivity contribution in [1.29, 1.82) is 0 Å². The van der Waals surface area contributed by atoms with Gasteiger partial charge in [-0.05, 0) is 27.1 Å². The number of rotatable bonds is 5. The molecule has 0 aliphatic heterocycles. The van der Waals surface area contributed by atoms with Gasteiger partial charge in [0.05, 0.1) is 16.2 Å². The third-order valence-corrected chi connectivity index (χ3v) is 2.60. The van der Waals surface area contributed by atoms with Crippen LogP contribution in [0, 0.1) is 0 Å². The molecule has 1 aromatic heterocycles. The van der Waals surface area contributed by atoms with Crippen LogP contribution in [-0.4, -0.2) is 53.7 Å². The van der Waals surface area contributed by atoms with Gasteiger partial charge in [-0.25, -0.2) is 0 Å². The van der Waals surface area contributed by atoms with E-state index in [1.54, 1.807) is 13.0 Å². The van der Waals surface area contributed by atoms with Gasteiger partial charge in [0.1, 0.15) is 0 Å². The summed E-state index contributed by atoms with van der Waals surface area (Å²) in [5.41, 5.74) is -0.633. The van der Waals surface area contributed by atoms with Crippen LogP contribution in [0.3, 0.4) is 0 Å². The minimum Gasteiger partial charge on any atom is -0.387 e. The summed E-state index contributed by atoms with van der Waals surface area (Å²) in [6, 6.07) is 1.54. The lowest BCUT2D eigenvalue weighted by molar-refractivity contribution is 0.0326. The Bertz CT molecular complexity index is 422.